The molecule has 0 radical (unpaired) electrons. The molecule has 0 bridgehead atoms. The summed E-state index contributed by atoms with van der Waals surface area (Å²) in [5, 5.41) is 3.68. The first-order valence-electron chi connectivity index (χ1n) is 10.3. The lowest BCUT2D eigenvalue weighted by Crippen LogP contribution is -2.38. The van der Waals surface area contributed by atoms with Crippen molar-refractivity contribution in [3.05, 3.63) is 72.4 Å². The van der Waals surface area contributed by atoms with Gasteiger partial charge in [-0.15, -0.1) is 0 Å². The summed E-state index contributed by atoms with van der Waals surface area (Å²) in [5.41, 5.74) is 1.58. The minimum atomic E-state index is -4.17. The summed E-state index contributed by atoms with van der Waals surface area (Å²) < 4.78 is 44.4. The van der Waals surface area contributed by atoms with Crippen molar-refractivity contribution in [3.8, 4) is 11.5 Å². The zero-order valence-corrected chi connectivity index (χ0v) is 20.4. The smallest absolute Gasteiger partial charge is 0.268 e. The molecule has 0 atom stereocenters. The second-order valence-electron chi connectivity index (χ2n) is 7.49. The number of hydrogen-bond donors (Lipinski definition) is 1. The van der Waals surface area contributed by atoms with E-state index in [0.29, 0.717) is 11.4 Å². The number of nitrogens with zero attached hydrogens (tertiary/aromatic N) is 2. The lowest BCUT2D eigenvalue weighted by molar-refractivity contribution is -0.114. The lowest BCUT2D eigenvalue weighted by Gasteiger charge is -2.25. The zero-order chi connectivity index (χ0) is 24.3. The summed E-state index contributed by atoms with van der Waals surface area (Å²) in [6, 6.07) is 16.8. The van der Waals surface area contributed by atoms with E-state index in [2.05, 4.69) is 9.69 Å². The molecule has 0 saturated heterocycles. The van der Waals surface area contributed by atoms with Crippen LogP contribution < -0.4 is 19.1 Å². The van der Waals surface area contributed by atoms with Crippen LogP contribution in [0, 0.1) is 6.92 Å². The predicted molar refractivity (Wildman–Crippen MR) is 134 cm³/mol. The Labute approximate surface area is 202 Å². The fraction of sp³-hybridized carbons (Fsp3) is 0.167. The van der Waals surface area contributed by atoms with E-state index < -0.39 is 22.5 Å². The first-order chi connectivity index (χ1) is 16.3. The van der Waals surface area contributed by atoms with E-state index >= 15 is 0 Å². The molecule has 0 aliphatic rings. The number of sulfonamides is 1. The highest BCUT2D eigenvalue weighted by Gasteiger charge is 2.30. The topological polar surface area (TPSA) is 97.8 Å². The number of anilines is 2. The molecule has 1 heterocycles. The molecule has 0 aliphatic carbocycles. The van der Waals surface area contributed by atoms with Gasteiger partial charge in [-0.2, -0.15) is 4.37 Å². The second kappa shape index (κ2) is 9.70. The van der Waals surface area contributed by atoms with E-state index in [1.807, 2.05) is 6.07 Å². The number of rotatable bonds is 8. The number of hydrogen-bond acceptors (Lipinski definition) is 7. The molecule has 0 aliphatic heterocycles. The van der Waals surface area contributed by atoms with Crippen LogP contribution in [-0.2, 0) is 14.8 Å². The van der Waals surface area contributed by atoms with E-state index in [9.17, 15) is 13.2 Å². The number of ether oxygens (including phenoxy) is 2. The van der Waals surface area contributed by atoms with Crippen molar-refractivity contribution in [1.82, 2.24) is 4.37 Å². The molecule has 0 saturated carbocycles. The van der Waals surface area contributed by atoms with Crippen molar-refractivity contribution < 1.29 is 22.7 Å². The monoisotopic (exact) mass is 497 g/mol. The first kappa shape index (κ1) is 23.5. The molecule has 1 amide bonds. The Bertz CT molecular complexity index is 1450. The Hall–Kier alpha value is -3.63. The van der Waals surface area contributed by atoms with Gasteiger partial charge in [0.05, 0.1) is 24.6 Å². The maximum absolute atomic E-state index is 13.8. The summed E-state index contributed by atoms with van der Waals surface area (Å²) in [5.74, 6) is 0.152. The minimum Gasteiger partial charge on any atom is -0.497 e. The molecule has 0 unspecified atom stereocenters. The Kier molecular flexibility index (Phi) is 6.71. The Morgan fingerprint density at radius 3 is 2.65 bits per heavy atom. The van der Waals surface area contributed by atoms with Crippen molar-refractivity contribution in [3.63, 3.8) is 0 Å². The van der Waals surface area contributed by atoms with Crippen LogP contribution in [0.5, 0.6) is 11.5 Å². The van der Waals surface area contributed by atoms with E-state index in [-0.39, 0.29) is 16.3 Å². The lowest BCUT2D eigenvalue weighted by atomic mass is 10.2. The molecule has 0 fully saturated rings. The molecular weight excluding hydrogens is 474 g/mol. The summed E-state index contributed by atoms with van der Waals surface area (Å²) in [4.78, 5) is 13.0. The second-order valence-corrected chi connectivity index (χ2v) is 10.2. The van der Waals surface area contributed by atoms with E-state index in [1.165, 1.54) is 31.8 Å². The minimum absolute atomic E-state index is 0.0311. The van der Waals surface area contributed by atoms with E-state index in [1.54, 1.807) is 61.7 Å². The number of methoxy groups -OCH3 is 2. The molecule has 1 N–H and O–H groups in total. The van der Waals surface area contributed by atoms with Crippen LogP contribution in [0.4, 0.5) is 11.4 Å². The van der Waals surface area contributed by atoms with Crippen molar-refractivity contribution in [2.75, 3.05) is 30.4 Å². The summed E-state index contributed by atoms with van der Waals surface area (Å²) in [6.07, 6.45) is 1.71. The summed E-state index contributed by atoms with van der Waals surface area (Å²) in [7, 11) is -1.28. The van der Waals surface area contributed by atoms with Crippen LogP contribution in [0.15, 0.2) is 71.8 Å². The van der Waals surface area contributed by atoms with Gasteiger partial charge in [0.25, 0.3) is 10.0 Å². The molecule has 4 rings (SSSR count). The standard InChI is InChI=1S/C24H23N3O5S2/c1-16-7-9-21(32-3)23(11-16)34(29,30)27(19-5-4-6-20(13-19)31-2)15-24(28)26-18-8-10-22-17(12-18)14-25-33-22/h4-14H,15H2,1-3H3,(H,26,28). The van der Waals surface area contributed by atoms with Crippen molar-refractivity contribution in [2.24, 2.45) is 0 Å². The number of benzene rings is 3. The number of carbonyl (C=O) groups excluding carboxylic acids is 1. The van der Waals surface area contributed by atoms with Crippen molar-refractivity contribution >= 4 is 48.9 Å². The average molecular weight is 498 g/mol. The molecule has 10 heteroatoms. The van der Waals surface area contributed by atoms with Gasteiger partial charge in [0, 0.05) is 23.3 Å². The highest BCUT2D eigenvalue weighted by molar-refractivity contribution is 7.93. The SMILES string of the molecule is COc1cccc(N(CC(=O)Nc2ccc3sncc3c2)S(=O)(=O)c2cc(C)ccc2OC)c1. The average Bonchev–Trinajstić information content (AvgIpc) is 3.30. The third-order valence-electron chi connectivity index (χ3n) is 5.15. The third kappa shape index (κ3) is 4.82. The molecule has 0 spiro atoms. The molecule has 3 aromatic carbocycles. The summed E-state index contributed by atoms with van der Waals surface area (Å²) in [6.45, 7) is 1.34. The van der Waals surface area contributed by atoms with Crippen LogP contribution >= 0.6 is 11.5 Å². The van der Waals surface area contributed by atoms with Crippen LogP contribution in [0.2, 0.25) is 0 Å². The highest BCUT2D eigenvalue weighted by atomic mass is 32.2. The quantitative estimate of drug-likeness (QED) is 0.386. The molecule has 8 nitrogen and oxygen atoms in total. The normalized spacial score (nSPS) is 11.3. The maximum Gasteiger partial charge on any atom is 0.268 e. The number of fused-ring (bicyclic) bond motifs is 1. The van der Waals surface area contributed by atoms with Gasteiger partial charge in [-0.05, 0) is 66.5 Å². The maximum atomic E-state index is 13.8. The van der Waals surface area contributed by atoms with Crippen LogP contribution in [0.25, 0.3) is 10.1 Å². The van der Waals surface area contributed by atoms with Gasteiger partial charge in [-0.25, -0.2) is 8.42 Å². The third-order valence-corrected chi connectivity index (χ3v) is 7.73. The fourth-order valence-corrected chi connectivity index (χ4v) is 5.75. The van der Waals surface area contributed by atoms with Gasteiger partial charge in [0.15, 0.2) is 0 Å². The fourth-order valence-electron chi connectivity index (χ4n) is 3.47. The number of aromatic nitrogens is 1. The highest BCUT2D eigenvalue weighted by Crippen LogP contribution is 2.32. The Morgan fingerprint density at radius 1 is 1.06 bits per heavy atom. The van der Waals surface area contributed by atoms with Gasteiger partial charge >= 0.3 is 0 Å². The molecule has 176 valence electrons. The zero-order valence-electron chi connectivity index (χ0n) is 18.8. The van der Waals surface area contributed by atoms with Gasteiger partial charge in [0.2, 0.25) is 5.91 Å². The molecular formula is C24H23N3O5S2. The van der Waals surface area contributed by atoms with E-state index in [4.69, 9.17) is 9.47 Å². The summed E-state index contributed by atoms with van der Waals surface area (Å²) >= 11 is 1.36. The van der Waals surface area contributed by atoms with Gasteiger partial charge in [-0.1, -0.05) is 12.1 Å². The van der Waals surface area contributed by atoms with Crippen molar-refractivity contribution in [2.45, 2.75) is 11.8 Å². The van der Waals surface area contributed by atoms with Gasteiger partial charge in [-0.3, -0.25) is 9.10 Å². The van der Waals surface area contributed by atoms with Gasteiger partial charge in [0.1, 0.15) is 22.9 Å². The largest absolute Gasteiger partial charge is 0.497 e. The number of nitrogens with one attached hydrogen (secondary N) is 1. The first-order valence-corrected chi connectivity index (χ1v) is 12.5. The number of aryl methyl sites for hydroxylation is 1. The van der Waals surface area contributed by atoms with Crippen LogP contribution in [-0.4, -0.2) is 39.5 Å². The van der Waals surface area contributed by atoms with Crippen molar-refractivity contribution in [1.29, 1.82) is 0 Å². The predicted octanol–water partition coefficient (Wildman–Crippen LogP) is 4.46. The number of carbonyl (C=O) groups is 1. The van der Waals surface area contributed by atoms with Gasteiger partial charge < -0.3 is 14.8 Å². The molecule has 34 heavy (non-hydrogen) atoms. The Morgan fingerprint density at radius 2 is 1.88 bits per heavy atom. The number of amides is 1. The van der Waals surface area contributed by atoms with Crippen LogP contribution in [0.1, 0.15) is 5.56 Å². The molecule has 1 aromatic heterocycles. The van der Waals surface area contributed by atoms with Crippen LogP contribution in [0.3, 0.4) is 0 Å². The Balaban J connectivity index is 1.72. The van der Waals surface area contributed by atoms with E-state index in [0.717, 1.165) is 20.0 Å². The molecule has 4 aromatic rings.